The van der Waals surface area contributed by atoms with Crippen LogP contribution in [-0.2, 0) is 6.18 Å². The van der Waals surface area contributed by atoms with E-state index >= 15 is 0 Å². The first-order valence-corrected chi connectivity index (χ1v) is 4.19. The molecule has 0 heterocycles. The van der Waals surface area contributed by atoms with Crippen LogP contribution in [0.5, 0.6) is 5.75 Å². The number of nitrogens with two attached hydrogens (primary N) is 1. The van der Waals surface area contributed by atoms with Gasteiger partial charge in [-0.3, -0.25) is 0 Å². The van der Waals surface area contributed by atoms with Gasteiger partial charge in [0, 0.05) is 5.56 Å². The van der Waals surface area contributed by atoms with E-state index in [1.165, 1.54) is 0 Å². The lowest BCUT2D eigenvalue weighted by atomic mass is 9.99. The molecular formula is C9H8F5NO. The molecule has 1 rings (SSSR count). The maximum atomic E-state index is 12.8. The summed E-state index contributed by atoms with van der Waals surface area (Å²) in [4.78, 5) is 0. The summed E-state index contributed by atoms with van der Waals surface area (Å²) in [5, 5.41) is 9.12. The molecule has 1 atom stereocenters. The van der Waals surface area contributed by atoms with E-state index in [-0.39, 0.29) is 0 Å². The second kappa shape index (κ2) is 4.25. The smallest absolute Gasteiger partial charge is 0.416 e. The lowest BCUT2D eigenvalue weighted by molar-refractivity contribution is -0.138. The minimum absolute atomic E-state index is 0.417. The normalized spacial score (nSPS) is 13.9. The van der Waals surface area contributed by atoms with E-state index < -0.39 is 41.6 Å². The predicted molar refractivity (Wildman–Crippen MR) is 46.0 cm³/mol. The standard InChI is InChI=1S/C9H8F5NO/c10-3-6(15)7-4(9(12,13)14)1-2-5(11)8(7)16/h1-2,6,16H,3,15H2/t6-/m0/s1. The number of benzene rings is 1. The van der Waals surface area contributed by atoms with Crippen molar-refractivity contribution in [2.75, 3.05) is 6.67 Å². The van der Waals surface area contributed by atoms with Crippen molar-refractivity contribution in [2.45, 2.75) is 12.2 Å². The summed E-state index contributed by atoms with van der Waals surface area (Å²) in [6.07, 6.45) is -4.83. The molecule has 0 amide bonds. The highest BCUT2D eigenvalue weighted by Gasteiger charge is 2.37. The summed E-state index contributed by atoms with van der Waals surface area (Å²) in [6, 6.07) is -0.848. The molecule has 0 fully saturated rings. The van der Waals surface area contributed by atoms with Crippen LogP contribution in [-0.4, -0.2) is 11.8 Å². The fourth-order valence-corrected chi connectivity index (χ4v) is 1.28. The van der Waals surface area contributed by atoms with Crippen LogP contribution < -0.4 is 5.73 Å². The average molecular weight is 241 g/mol. The molecule has 90 valence electrons. The lowest BCUT2D eigenvalue weighted by Crippen LogP contribution is -2.19. The highest BCUT2D eigenvalue weighted by atomic mass is 19.4. The minimum Gasteiger partial charge on any atom is -0.505 e. The van der Waals surface area contributed by atoms with E-state index in [9.17, 15) is 22.0 Å². The molecule has 0 saturated carbocycles. The van der Waals surface area contributed by atoms with Gasteiger partial charge in [0.2, 0.25) is 0 Å². The van der Waals surface area contributed by atoms with Crippen molar-refractivity contribution in [3.05, 3.63) is 29.1 Å². The number of aromatic hydroxyl groups is 1. The Balaban J connectivity index is 3.45. The highest BCUT2D eigenvalue weighted by molar-refractivity contribution is 5.44. The number of rotatable bonds is 2. The summed E-state index contributed by atoms with van der Waals surface area (Å²) >= 11 is 0. The van der Waals surface area contributed by atoms with Gasteiger partial charge in [-0.15, -0.1) is 0 Å². The zero-order valence-corrected chi connectivity index (χ0v) is 7.85. The van der Waals surface area contributed by atoms with E-state index in [1.54, 1.807) is 0 Å². The third kappa shape index (κ3) is 2.24. The fourth-order valence-electron chi connectivity index (χ4n) is 1.28. The SMILES string of the molecule is N[C@@H](CF)c1c(C(F)(F)F)ccc(F)c1O. The molecule has 16 heavy (non-hydrogen) atoms. The van der Waals surface area contributed by atoms with Crippen LogP contribution in [0, 0.1) is 5.82 Å². The third-order valence-corrected chi connectivity index (χ3v) is 2.01. The predicted octanol–water partition coefficient (Wildman–Crippen LogP) is 2.52. The molecule has 0 aliphatic rings. The second-order valence-corrected chi connectivity index (χ2v) is 3.12. The van der Waals surface area contributed by atoms with Crippen LogP contribution in [0.2, 0.25) is 0 Å². The molecular weight excluding hydrogens is 233 g/mol. The first-order valence-electron chi connectivity index (χ1n) is 4.19. The second-order valence-electron chi connectivity index (χ2n) is 3.12. The van der Waals surface area contributed by atoms with E-state index in [1.807, 2.05) is 0 Å². The van der Waals surface area contributed by atoms with E-state index in [2.05, 4.69) is 0 Å². The van der Waals surface area contributed by atoms with E-state index in [0.29, 0.717) is 12.1 Å². The van der Waals surface area contributed by atoms with Crippen molar-refractivity contribution in [2.24, 2.45) is 5.73 Å². The molecule has 1 aromatic rings. The van der Waals surface area contributed by atoms with Crippen molar-refractivity contribution in [1.82, 2.24) is 0 Å². The first-order chi connectivity index (χ1) is 7.29. The number of hydrogen-bond acceptors (Lipinski definition) is 2. The summed E-state index contributed by atoms with van der Waals surface area (Å²) < 4.78 is 62.4. The quantitative estimate of drug-likeness (QED) is 0.781. The highest BCUT2D eigenvalue weighted by Crippen LogP contribution is 2.39. The van der Waals surface area contributed by atoms with Crippen LogP contribution in [0.25, 0.3) is 0 Å². The Hall–Kier alpha value is -1.37. The summed E-state index contributed by atoms with van der Waals surface area (Å²) in [7, 11) is 0. The molecule has 0 aromatic heterocycles. The van der Waals surface area contributed by atoms with Gasteiger partial charge in [0.15, 0.2) is 11.6 Å². The van der Waals surface area contributed by atoms with Gasteiger partial charge in [-0.1, -0.05) is 0 Å². The van der Waals surface area contributed by atoms with Crippen molar-refractivity contribution in [1.29, 1.82) is 0 Å². The van der Waals surface area contributed by atoms with Crippen molar-refractivity contribution < 1.29 is 27.1 Å². The largest absolute Gasteiger partial charge is 0.505 e. The van der Waals surface area contributed by atoms with Gasteiger partial charge in [0.05, 0.1) is 11.6 Å². The number of phenols is 1. The van der Waals surface area contributed by atoms with Crippen LogP contribution in [0.1, 0.15) is 17.2 Å². The number of halogens is 5. The summed E-state index contributed by atoms with van der Waals surface area (Å²) in [5.41, 5.74) is 2.76. The van der Waals surface area contributed by atoms with Crippen LogP contribution in [0.3, 0.4) is 0 Å². The Morgan fingerprint density at radius 3 is 2.31 bits per heavy atom. The Morgan fingerprint density at radius 1 is 1.31 bits per heavy atom. The molecule has 0 unspecified atom stereocenters. The summed E-state index contributed by atoms with van der Waals surface area (Å²) in [6.45, 7) is -1.33. The average Bonchev–Trinajstić information content (AvgIpc) is 2.19. The molecule has 0 spiro atoms. The van der Waals surface area contributed by atoms with Gasteiger partial charge in [-0.05, 0) is 12.1 Å². The van der Waals surface area contributed by atoms with Gasteiger partial charge >= 0.3 is 6.18 Å². The van der Waals surface area contributed by atoms with Gasteiger partial charge < -0.3 is 10.8 Å². The molecule has 3 N–H and O–H groups in total. The number of alkyl halides is 4. The maximum absolute atomic E-state index is 12.8. The fraction of sp³-hybridized carbons (Fsp3) is 0.333. The first kappa shape index (κ1) is 12.7. The van der Waals surface area contributed by atoms with E-state index in [0.717, 1.165) is 0 Å². The van der Waals surface area contributed by atoms with Gasteiger partial charge in [-0.25, -0.2) is 8.78 Å². The molecule has 2 nitrogen and oxygen atoms in total. The Morgan fingerprint density at radius 2 is 1.88 bits per heavy atom. The van der Waals surface area contributed by atoms with Gasteiger partial charge in [0.1, 0.15) is 6.67 Å². The summed E-state index contributed by atoms with van der Waals surface area (Å²) in [5.74, 6) is -2.54. The van der Waals surface area contributed by atoms with Crippen LogP contribution in [0.15, 0.2) is 12.1 Å². The molecule has 0 aliphatic heterocycles. The zero-order valence-electron chi connectivity index (χ0n) is 7.85. The molecule has 7 heteroatoms. The van der Waals surface area contributed by atoms with Crippen molar-refractivity contribution in [3.8, 4) is 5.75 Å². The molecule has 0 radical (unpaired) electrons. The van der Waals surface area contributed by atoms with Crippen LogP contribution in [0.4, 0.5) is 22.0 Å². The lowest BCUT2D eigenvalue weighted by Gasteiger charge is -2.17. The Labute approximate surface area is 87.5 Å². The topological polar surface area (TPSA) is 46.2 Å². The van der Waals surface area contributed by atoms with E-state index in [4.69, 9.17) is 10.8 Å². The molecule has 0 bridgehead atoms. The number of hydrogen-bond donors (Lipinski definition) is 2. The Bertz CT molecular complexity index is 390. The zero-order chi connectivity index (χ0) is 12.5. The molecule has 0 saturated heterocycles. The van der Waals surface area contributed by atoms with Gasteiger partial charge in [0.25, 0.3) is 0 Å². The monoisotopic (exact) mass is 241 g/mol. The molecule has 0 aliphatic carbocycles. The van der Waals surface area contributed by atoms with Crippen molar-refractivity contribution in [3.63, 3.8) is 0 Å². The maximum Gasteiger partial charge on any atom is 0.416 e. The minimum atomic E-state index is -4.83. The van der Waals surface area contributed by atoms with Crippen LogP contribution >= 0.6 is 0 Å². The van der Waals surface area contributed by atoms with Gasteiger partial charge in [-0.2, -0.15) is 13.2 Å². The van der Waals surface area contributed by atoms with Crippen molar-refractivity contribution >= 4 is 0 Å². The third-order valence-electron chi connectivity index (χ3n) is 2.01. The number of phenolic OH excluding ortho intramolecular Hbond substituents is 1. The molecule has 1 aromatic carbocycles. The Kier molecular flexibility index (Phi) is 3.37.